The van der Waals surface area contributed by atoms with E-state index in [1.165, 1.54) is 0 Å². The Morgan fingerprint density at radius 3 is 2.35 bits per heavy atom. The number of imidazole rings is 1. The summed E-state index contributed by atoms with van der Waals surface area (Å²) in [5, 5.41) is 0. The van der Waals surface area contributed by atoms with Crippen LogP contribution in [0.4, 0.5) is 0 Å². The Morgan fingerprint density at radius 2 is 1.85 bits per heavy atom. The van der Waals surface area contributed by atoms with E-state index in [4.69, 9.17) is 0 Å². The van der Waals surface area contributed by atoms with Crippen molar-refractivity contribution >= 4 is 0 Å². The highest BCUT2D eigenvalue weighted by molar-refractivity contribution is 4.92. The zero-order valence-electron chi connectivity index (χ0n) is 12.8. The van der Waals surface area contributed by atoms with Crippen LogP contribution in [0.15, 0.2) is 56.4 Å². The molecule has 0 aromatic carbocycles. The summed E-state index contributed by atoms with van der Waals surface area (Å²) >= 11 is 0. The van der Waals surface area contributed by atoms with Crippen molar-refractivity contribution in [3.63, 3.8) is 0 Å². The lowest BCUT2D eigenvalue weighted by atomic mass is 10.6. The van der Waals surface area contributed by atoms with Crippen molar-refractivity contribution in [2.45, 2.75) is 26.9 Å². The Morgan fingerprint density at radius 1 is 1.10 bits per heavy atom. The van der Waals surface area contributed by atoms with Crippen molar-refractivity contribution in [2.75, 3.05) is 19.8 Å². The molecule has 0 amide bonds. The van der Waals surface area contributed by atoms with E-state index >= 15 is 0 Å². The number of allylic oxidation sites excluding steroid dienone is 1. The fourth-order valence-electron chi connectivity index (χ4n) is 1.89. The Bertz CT molecular complexity index is 433. The zero-order valence-corrected chi connectivity index (χ0v) is 12.8. The second-order valence-electron chi connectivity index (χ2n) is 4.63. The molecule has 20 heavy (non-hydrogen) atoms. The molecule has 1 aromatic heterocycles. The van der Waals surface area contributed by atoms with Crippen LogP contribution >= 0.6 is 0 Å². The first-order valence-corrected chi connectivity index (χ1v) is 7.16. The first-order valence-electron chi connectivity index (χ1n) is 7.16. The van der Waals surface area contributed by atoms with E-state index < -0.39 is 0 Å². The van der Waals surface area contributed by atoms with E-state index in [-0.39, 0.29) is 0 Å². The smallest absolute Gasteiger partial charge is 0.244 e. The summed E-state index contributed by atoms with van der Waals surface area (Å²) in [7, 11) is 0. The van der Waals surface area contributed by atoms with Gasteiger partial charge in [-0.25, -0.2) is 9.13 Å². The molecule has 2 heterocycles. The van der Waals surface area contributed by atoms with Crippen LogP contribution in [-0.2, 0) is 13.1 Å². The lowest BCUT2D eigenvalue weighted by Crippen LogP contribution is -2.29. The average Bonchev–Trinajstić information content (AvgIpc) is 3.09. The molecule has 4 heteroatoms. The van der Waals surface area contributed by atoms with Gasteiger partial charge in [0, 0.05) is 25.5 Å². The largest absolute Gasteiger partial charge is 0.359 e. The molecule has 4 nitrogen and oxygen atoms in total. The summed E-state index contributed by atoms with van der Waals surface area (Å²) in [6, 6.07) is 0. The van der Waals surface area contributed by atoms with Gasteiger partial charge in [0.25, 0.3) is 0 Å². The van der Waals surface area contributed by atoms with Crippen molar-refractivity contribution < 1.29 is 4.57 Å². The van der Waals surface area contributed by atoms with Gasteiger partial charge in [-0.3, -0.25) is 0 Å². The molecule has 0 N–H and O–H groups in total. The number of hydrogen-bond donors (Lipinski definition) is 0. The Hall–Kier alpha value is -1.97. The van der Waals surface area contributed by atoms with Crippen LogP contribution in [0.2, 0.25) is 0 Å². The molecule has 0 spiro atoms. The molecule has 0 radical (unpaired) electrons. The molecule has 0 unspecified atom stereocenters. The van der Waals surface area contributed by atoms with Gasteiger partial charge in [0.1, 0.15) is 18.9 Å². The highest BCUT2D eigenvalue weighted by Gasteiger charge is 2.07. The van der Waals surface area contributed by atoms with E-state index in [9.17, 15) is 0 Å². The first-order chi connectivity index (χ1) is 9.73. The maximum Gasteiger partial charge on any atom is 0.244 e. The predicted octanol–water partition coefficient (Wildman–Crippen LogP) is 2.22. The maximum atomic E-state index is 3.68. The number of nitrogens with zero attached hydrogens (tertiary/aromatic N) is 4. The minimum Gasteiger partial charge on any atom is -0.359 e. The third-order valence-electron chi connectivity index (χ3n) is 3.07. The first kappa shape index (κ1) is 16.1. The van der Waals surface area contributed by atoms with Gasteiger partial charge in [-0.05, 0) is 13.8 Å². The van der Waals surface area contributed by atoms with Crippen LogP contribution in [0.1, 0.15) is 13.8 Å². The highest BCUT2D eigenvalue weighted by atomic mass is 15.3. The standard InChI is InChI=1S/C8H14N2.C8H13N2/c2*1-3-5-10-7-6-9(4-2)8-10/h3,6-7H,1,4-5,8H2,2H3;3,6-8H,1,4-5H2,2H3/q;+1. The molecule has 0 aliphatic carbocycles. The van der Waals surface area contributed by atoms with Gasteiger partial charge in [0.15, 0.2) is 0 Å². The molecular weight excluding hydrogens is 248 g/mol. The molecule has 0 atom stereocenters. The van der Waals surface area contributed by atoms with Crippen LogP contribution in [0, 0.1) is 0 Å². The minimum absolute atomic E-state index is 0.896. The van der Waals surface area contributed by atoms with Crippen LogP contribution in [0.25, 0.3) is 0 Å². The van der Waals surface area contributed by atoms with E-state index in [0.717, 1.165) is 32.8 Å². The van der Waals surface area contributed by atoms with E-state index in [0.29, 0.717) is 0 Å². The lowest BCUT2D eigenvalue weighted by molar-refractivity contribution is -0.686. The average molecular weight is 275 g/mol. The number of aryl methyl sites for hydroxylation is 1. The van der Waals surface area contributed by atoms with Crippen molar-refractivity contribution in [1.29, 1.82) is 0 Å². The molecule has 1 aromatic rings. The predicted molar refractivity (Wildman–Crippen MR) is 83.8 cm³/mol. The van der Waals surface area contributed by atoms with Crippen molar-refractivity contribution in [3.05, 3.63) is 56.4 Å². The van der Waals surface area contributed by atoms with Crippen LogP contribution < -0.4 is 4.57 Å². The zero-order chi connectivity index (χ0) is 14.8. The minimum atomic E-state index is 0.896. The second kappa shape index (κ2) is 9.02. The quantitative estimate of drug-likeness (QED) is 0.584. The van der Waals surface area contributed by atoms with E-state index in [2.05, 4.69) is 70.9 Å². The third kappa shape index (κ3) is 5.34. The van der Waals surface area contributed by atoms with Gasteiger partial charge >= 0.3 is 0 Å². The molecule has 0 fully saturated rings. The van der Waals surface area contributed by atoms with Crippen molar-refractivity contribution in [3.8, 4) is 0 Å². The molecule has 0 saturated heterocycles. The number of rotatable bonds is 6. The van der Waals surface area contributed by atoms with E-state index in [1.807, 2.05) is 18.3 Å². The van der Waals surface area contributed by atoms with Crippen LogP contribution in [0.5, 0.6) is 0 Å². The molecule has 0 bridgehead atoms. The summed E-state index contributed by atoms with van der Waals surface area (Å²) < 4.78 is 4.22. The molecule has 1 aliphatic heterocycles. The summed E-state index contributed by atoms with van der Waals surface area (Å²) in [5.74, 6) is 0. The SMILES string of the molecule is C=CCN1C=CN(CC)C1.C=CC[n+]1ccn(CC)c1. The second-order valence-corrected chi connectivity index (χ2v) is 4.63. The van der Waals surface area contributed by atoms with Gasteiger partial charge < -0.3 is 9.80 Å². The fourth-order valence-corrected chi connectivity index (χ4v) is 1.89. The fraction of sp³-hybridized carbons (Fsp3) is 0.438. The molecular formula is C16H27N4+. The van der Waals surface area contributed by atoms with Gasteiger partial charge in [0.05, 0.1) is 13.2 Å². The van der Waals surface area contributed by atoms with Gasteiger partial charge in [-0.1, -0.05) is 18.7 Å². The monoisotopic (exact) mass is 275 g/mol. The van der Waals surface area contributed by atoms with E-state index in [1.54, 1.807) is 0 Å². The summed E-state index contributed by atoms with van der Waals surface area (Å²) in [4.78, 5) is 4.47. The van der Waals surface area contributed by atoms with Gasteiger partial charge in [-0.2, -0.15) is 0 Å². The molecule has 1 aliphatic rings. The lowest BCUT2D eigenvalue weighted by Gasteiger charge is -2.17. The normalized spacial score (nSPS) is 13.1. The summed E-state index contributed by atoms with van der Waals surface area (Å²) in [6.45, 7) is 16.6. The van der Waals surface area contributed by atoms with Gasteiger partial charge in [-0.15, -0.1) is 6.58 Å². The number of hydrogen-bond acceptors (Lipinski definition) is 2. The Labute approximate surface area is 122 Å². The summed E-state index contributed by atoms with van der Waals surface area (Å²) in [5.41, 5.74) is 0. The third-order valence-corrected chi connectivity index (χ3v) is 3.07. The van der Waals surface area contributed by atoms with Gasteiger partial charge in [0.2, 0.25) is 6.33 Å². The Balaban J connectivity index is 0.000000200. The van der Waals surface area contributed by atoms with Crippen LogP contribution in [-0.4, -0.2) is 34.1 Å². The van der Waals surface area contributed by atoms with Crippen LogP contribution in [0.3, 0.4) is 0 Å². The molecule has 110 valence electrons. The van der Waals surface area contributed by atoms with Crippen molar-refractivity contribution in [1.82, 2.24) is 14.4 Å². The highest BCUT2D eigenvalue weighted by Crippen LogP contribution is 2.04. The van der Waals surface area contributed by atoms with Crippen molar-refractivity contribution in [2.24, 2.45) is 0 Å². The topological polar surface area (TPSA) is 15.3 Å². The molecule has 2 rings (SSSR count). The Kier molecular flexibility index (Phi) is 7.25. The maximum absolute atomic E-state index is 3.68. The molecule has 0 saturated carbocycles. The summed E-state index contributed by atoms with van der Waals surface area (Å²) in [6.07, 6.45) is 14.2. The number of aromatic nitrogens is 2.